The van der Waals surface area contributed by atoms with Crippen LogP contribution in [0, 0.1) is 0 Å². The first kappa shape index (κ1) is 22.3. The van der Waals surface area contributed by atoms with E-state index in [0.717, 1.165) is 57.9 Å². The molecule has 0 bridgehead atoms. The zero-order chi connectivity index (χ0) is 21.8. The highest BCUT2D eigenvalue weighted by Crippen LogP contribution is 2.34. The first-order valence-electron chi connectivity index (χ1n) is 10.0. The number of aromatic nitrogens is 2. The van der Waals surface area contributed by atoms with Crippen LogP contribution in [0.25, 0.3) is 16.7 Å². The molecule has 0 amide bonds. The van der Waals surface area contributed by atoms with Crippen molar-refractivity contribution in [3.05, 3.63) is 81.3 Å². The predicted molar refractivity (Wildman–Crippen MR) is 133 cm³/mol. The Morgan fingerprint density at radius 3 is 2.35 bits per heavy atom. The van der Waals surface area contributed by atoms with Gasteiger partial charge in [-0.05, 0) is 60.5 Å². The molecule has 4 rings (SSSR count). The fourth-order valence-corrected chi connectivity index (χ4v) is 4.58. The third-order valence-corrected chi connectivity index (χ3v) is 6.79. The Labute approximate surface area is 201 Å². The summed E-state index contributed by atoms with van der Waals surface area (Å²) in [6.45, 7) is 2.87. The van der Waals surface area contributed by atoms with Gasteiger partial charge in [-0.1, -0.05) is 72.0 Å². The van der Waals surface area contributed by atoms with Gasteiger partial charge in [0.05, 0.1) is 27.7 Å². The fraction of sp³-hybridized carbons (Fsp3) is 0.208. The molecule has 0 aliphatic heterocycles. The van der Waals surface area contributed by atoms with Gasteiger partial charge < -0.3 is 4.74 Å². The normalized spacial score (nSPS) is 11.2. The summed E-state index contributed by atoms with van der Waals surface area (Å²) in [5.41, 5.74) is 3.87. The van der Waals surface area contributed by atoms with Gasteiger partial charge in [-0.2, -0.15) is 0 Å². The van der Waals surface area contributed by atoms with Gasteiger partial charge in [0.2, 0.25) is 0 Å². The Kier molecular flexibility index (Phi) is 7.34. The molecule has 0 saturated heterocycles. The highest BCUT2D eigenvalue weighted by molar-refractivity contribution is 7.98. The molecule has 0 atom stereocenters. The van der Waals surface area contributed by atoms with Gasteiger partial charge in [0.15, 0.2) is 5.16 Å². The molecule has 1 aromatic heterocycles. The average Bonchev–Trinajstić information content (AvgIpc) is 3.11. The zero-order valence-corrected chi connectivity index (χ0v) is 20.0. The summed E-state index contributed by atoms with van der Waals surface area (Å²) in [4.78, 5) is 4.83. The van der Waals surface area contributed by atoms with Gasteiger partial charge in [-0.3, -0.25) is 4.57 Å². The van der Waals surface area contributed by atoms with E-state index in [-0.39, 0.29) is 0 Å². The van der Waals surface area contributed by atoms with E-state index >= 15 is 0 Å². The maximum atomic E-state index is 6.33. The highest BCUT2D eigenvalue weighted by atomic mass is 35.5. The molecule has 0 aliphatic carbocycles. The predicted octanol–water partition coefficient (Wildman–Crippen LogP) is 8.46. The van der Waals surface area contributed by atoms with Crippen molar-refractivity contribution in [2.75, 3.05) is 6.61 Å². The third-order valence-electron chi connectivity index (χ3n) is 4.81. The van der Waals surface area contributed by atoms with Crippen molar-refractivity contribution >= 4 is 57.6 Å². The number of unbranched alkanes of at least 4 members (excludes halogenated alkanes) is 1. The van der Waals surface area contributed by atoms with E-state index in [9.17, 15) is 0 Å². The average molecular weight is 492 g/mol. The molecule has 160 valence electrons. The molecular weight excluding hydrogens is 471 g/mol. The first-order valence-corrected chi connectivity index (χ1v) is 12.1. The molecule has 7 heteroatoms. The molecule has 0 unspecified atom stereocenters. The van der Waals surface area contributed by atoms with Crippen LogP contribution in [-0.2, 0) is 5.75 Å². The third kappa shape index (κ3) is 5.32. The Morgan fingerprint density at radius 1 is 0.935 bits per heavy atom. The van der Waals surface area contributed by atoms with Crippen LogP contribution < -0.4 is 4.74 Å². The summed E-state index contributed by atoms with van der Waals surface area (Å²) < 4.78 is 7.91. The smallest absolute Gasteiger partial charge is 0.174 e. The van der Waals surface area contributed by atoms with Crippen molar-refractivity contribution in [2.45, 2.75) is 30.7 Å². The lowest BCUT2D eigenvalue weighted by Gasteiger charge is -2.11. The molecule has 3 nitrogen and oxygen atoms in total. The van der Waals surface area contributed by atoms with Gasteiger partial charge in [0.1, 0.15) is 5.75 Å². The van der Waals surface area contributed by atoms with Crippen LogP contribution in [-0.4, -0.2) is 16.2 Å². The van der Waals surface area contributed by atoms with Crippen molar-refractivity contribution < 1.29 is 4.74 Å². The zero-order valence-electron chi connectivity index (χ0n) is 16.9. The van der Waals surface area contributed by atoms with Crippen molar-refractivity contribution in [1.29, 1.82) is 0 Å². The lowest BCUT2D eigenvalue weighted by atomic mass is 10.2. The van der Waals surface area contributed by atoms with Gasteiger partial charge >= 0.3 is 0 Å². The highest BCUT2D eigenvalue weighted by Gasteiger charge is 2.15. The maximum Gasteiger partial charge on any atom is 0.174 e. The number of nitrogens with zero attached hydrogens (tertiary/aromatic N) is 2. The molecule has 31 heavy (non-hydrogen) atoms. The second-order valence-electron chi connectivity index (χ2n) is 7.10. The number of rotatable bonds is 8. The summed E-state index contributed by atoms with van der Waals surface area (Å²) >= 11 is 20.2. The summed E-state index contributed by atoms with van der Waals surface area (Å²) in [7, 11) is 0. The van der Waals surface area contributed by atoms with Crippen LogP contribution in [0.1, 0.15) is 25.3 Å². The fourth-order valence-electron chi connectivity index (χ4n) is 3.15. The van der Waals surface area contributed by atoms with Crippen LogP contribution in [0.2, 0.25) is 15.1 Å². The van der Waals surface area contributed by atoms with Gasteiger partial charge in [-0.25, -0.2) is 4.98 Å². The van der Waals surface area contributed by atoms with E-state index in [1.807, 2.05) is 60.7 Å². The number of benzene rings is 3. The maximum absolute atomic E-state index is 6.33. The van der Waals surface area contributed by atoms with Crippen LogP contribution in [0.4, 0.5) is 0 Å². The Hall–Kier alpha value is -1.85. The molecule has 3 aromatic carbocycles. The van der Waals surface area contributed by atoms with E-state index in [1.165, 1.54) is 5.56 Å². The molecule has 0 spiro atoms. The molecule has 4 aromatic rings. The van der Waals surface area contributed by atoms with Crippen molar-refractivity contribution in [1.82, 2.24) is 9.55 Å². The molecule has 0 radical (unpaired) electrons. The Bertz CT molecular complexity index is 1170. The second kappa shape index (κ2) is 10.2. The van der Waals surface area contributed by atoms with Crippen LogP contribution in [0.3, 0.4) is 0 Å². The van der Waals surface area contributed by atoms with E-state index in [1.54, 1.807) is 11.8 Å². The van der Waals surface area contributed by atoms with Gasteiger partial charge in [0.25, 0.3) is 0 Å². The number of hydrogen-bond acceptors (Lipinski definition) is 3. The molecule has 1 heterocycles. The summed E-state index contributed by atoms with van der Waals surface area (Å²) in [6.07, 6.45) is 2.15. The van der Waals surface area contributed by atoms with Crippen LogP contribution in [0.15, 0.2) is 65.8 Å². The van der Waals surface area contributed by atoms with Gasteiger partial charge in [-0.15, -0.1) is 0 Å². The van der Waals surface area contributed by atoms with Gasteiger partial charge in [0, 0.05) is 16.5 Å². The van der Waals surface area contributed by atoms with Crippen LogP contribution in [0.5, 0.6) is 5.75 Å². The monoisotopic (exact) mass is 490 g/mol. The lowest BCUT2D eigenvalue weighted by Crippen LogP contribution is -1.99. The van der Waals surface area contributed by atoms with E-state index < -0.39 is 0 Å². The number of thioether (sulfide) groups is 1. The van der Waals surface area contributed by atoms with Crippen LogP contribution >= 0.6 is 46.6 Å². The standard InChI is InChI=1S/C24H21Cl3N2OS/c1-2-3-12-30-19-10-8-18(9-11-19)29-23-14-21(27)20(26)13-22(23)28-24(29)31-15-16-4-6-17(25)7-5-16/h4-11,13-14H,2-3,12,15H2,1H3. The largest absolute Gasteiger partial charge is 0.494 e. The minimum Gasteiger partial charge on any atom is -0.494 e. The molecular formula is C24H21Cl3N2OS. The summed E-state index contributed by atoms with van der Waals surface area (Å²) in [5, 5.41) is 2.59. The summed E-state index contributed by atoms with van der Waals surface area (Å²) in [6, 6.07) is 19.6. The van der Waals surface area contributed by atoms with Crippen molar-refractivity contribution in [3.63, 3.8) is 0 Å². The Morgan fingerprint density at radius 2 is 1.65 bits per heavy atom. The SMILES string of the molecule is CCCCOc1ccc(-n2c(SCc3ccc(Cl)cc3)nc3cc(Cl)c(Cl)cc32)cc1. The van der Waals surface area contributed by atoms with E-state index in [0.29, 0.717) is 10.0 Å². The van der Waals surface area contributed by atoms with E-state index in [4.69, 9.17) is 44.5 Å². The topological polar surface area (TPSA) is 27.1 Å². The molecule has 0 N–H and O–H groups in total. The number of hydrogen-bond donors (Lipinski definition) is 0. The molecule has 0 aliphatic rings. The van der Waals surface area contributed by atoms with Crippen molar-refractivity contribution in [2.24, 2.45) is 0 Å². The quantitative estimate of drug-likeness (QED) is 0.183. The minimum atomic E-state index is 0.493. The molecule has 0 fully saturated rings. The van der Waals surface area contributed by atoms with E-state index in [2.05, 4.69) is 11.5 Å². The minimum absolute atomic E-state index is 0.493. The lowest BCUT2D eigenvalue weighted by molar-refractivity contribution is 0.309. The second-order valence-corrected chi connectivity index (χ2v) is 9.29. The first-order chi connectivity index (χ1) is 15.0. The number of imidazole rings is 1. The number of halogens is 3. The number of ether oxygens (including phenoxy) is 1. The Balaban J connectivity index is 1.68. The summed E-state index contributed by atoms with van der Waals surface area (Å²) in [5.74, 6) is 1.62. The molecule has 0 saturated carbocycles. The van der Waals surface area contributed by atoms with Crippen molar-refractivity contribution in [3.8, 4) is 11.4 Å². The number of fused-ring (bicyclic) bond motifs is 1.